The molecule has 0 bridgehead atoms. The molecule has 0 radical (unpaired) electrons. The Kier molecular flexibility index (Phi) is 3.50. The number of benzene rings is 1. The molecule has 5 heteroatoms. The van der Waals surface area contributed by atoms with E-state index in [0.717, 1.165) is 30.8 Å². The highest BCUT2D eigenvalue weighted by Crippen LogP contribution is 2.19. The fourth-order valence-corrected chi connectivity index (χ4v) is 2.69. The van der Waals surface area contributed by atoms with Crippen LogP contribution in [0.5, 0.6) is 0 Å². The summed E-state index contributed by atoms with van der Waals surface area (Å²) in [6, 6.07) is 7.61. The number of carbonyl (C=O) groups excluding carboxylic acids is 1. The van der Waals surface area contributed by atoms with Crippen molar-refractivity contribution in [3.63, 3.8) is 0 Å². The van der Waals surface area contributed by atoms with Crippen molar-refractivity contribution >= 4 is 5.91 Å². The third kappa shape index (κ3) is 2.57. The highest BCUT2D eigenvalue weighted by Gasteiger charge is 2.22. The van der Waals surface area contributed by atoms with Crippen molar-refractivity contribution in [1.82, 2.24) is 19.7 Å². The Morgan fingerprint density at radius 2 is 2.10 bits per heavy atom. The van der Waals surface area contributed by atoms with Crippen molar-refractivity contribution in [2.24, 2.45) is 5.92 Å². The third-order valence-corrected chi connectivity index (χ3v) is 3.75. The first kappa shape index (κ1) is 12.8. The van der Waals surface area contributed by atoms with E-state index in [4.69, 9.17) is 0 Å². The molecule has 1 atom stereocenters. The van der Waals surface area contributed by atoms with Crippen molar-refractivity contribution in [3.8, 4) is 5.69 Å². The van der Waals surface area contributed by atoms with Crippen LogP contribution in [-0.2, 0) is 0 Å². The molecule has 0 unspecified atom stereocenters. The average molecular weight is 270 g/mol. The van der Waals surface area contributed by atoms with Crippen molar-refractivity contribution < 1.29 is 4.79 Å². The minimum absolute atomic E-state index is 0.117. The molecule has 1 saturated heterocycles. The quantitative estimate of drug-likeness (QED) is 0.840. The molecule has 0 saturated carbocycles. The van der Waals surface area contributed by atoms with Gasteiger partial charge in [0, 0.05) is 24.3 Å². The van der Waals surface area contributed by atoms with Crippen molar-refractivity contribution in [1.29, 1.82) is 0 Å². The van der Waals surface area contributed by atoms with Crippen LogP contribution in [0, 0.1) is 5.92 Å². The number of aromatic nitrogens is 3. The van der Waals surface area contributed by atoms with E-state index in [1.165, 1.54) is 6.42 Å². The van der Waals surface area contributed by atoms with E-state index < -0.39 is 0 Å². The Balaban J connectivity index is 1.83. The van der Waals surface area contributed by atoms with Crippen molar-refractivity contribution in [2.75, 3.05) is 13.1 Å². The van der Waals surface area contributed by atoms with E-state index in [0.29, 0.717) is 5.92 Å². The molecule has 1 aromatic carbocycles. The van der Waals surface area contributed by atoms with Crippen LogP contribution in [0.4, 0.5) is 0 Å². The number of rotatable bonds is 2. The predicted octanol–water partition coefficient (Wildman–Crippen LogP) is 2.14. The van der Waals surface area contributed by atoms with Gasteiger partial charge in [0.1, 0.15) is 12.7 Å². The van der Waals surface area contributed by atoms with E-state index in [1.807, 2.05) is 29.2 Å². The molecule has 104 valence electrons. The summed E-state index contributed by atoms with van der Waals surface area (Å²) in [6.45, 7) is 3.92. The van der Waals surface area contributed by atoms with E-state index >= 15 is 0 Å². The smallest absolute Gasteiger partial charge is 0.253 e. The predicted molar refractivity (Wildman–Crippen MR) is 75.7 cm³/mol. The summed E-state index contributed by atoms with van der Waals surface area (Å²) in [7, 11) is 0. The summed E-state index contributed by atoms with van der Waals surface area (Å²) in [4.78, 5) is 14.5. The number of hydrogen-bond acceptors (Lipinski definition) is 3. The largest absolute Gasteiger partial charge is 0.338 e. The molecule has 5 nitrogen and oxygen atoms in total. The molecule has 20 heavy (non-hydrogen) atoms. The minimum Gasteiger partial charge on any atom is -0.338 e. The molecule has 1 aromatic heterocycles. The minimum atomic E-state index is 0.117. The second-order valence-electron chi connectivity index (χ2n) is 5.42. The molecular weight excluding hydrogens is 252 g/mol. The molecule has 0 aliphatic carbocycles. The van der Waals surface area contributed by atoms with E-state index in [2.05, 4.69) is 17.1 Å². The number of amides is 1. The molecule has 1 amide bonds. The molecule has 2 aromatic rings. The van der Waals surface area contributed by atoms with Gasteiger partial charge < -0.3 is 4.90 Å². The summed E-state index contributed by atoms with van der Waals surface area (Å²) >= 11 is 0. The lowest BCUT2D eigenvalue weighted by Gasteiger charge is -2.31. The van der Waals surface area contributed by atoms with Crippen LogP contribution in [0.1, 0.15) is 30.1 Å². The Hall–Kier alpha value is -2.17. The second-order valence-corrected chi connectivity index (χ2v) is 5.42. The average Bonchev–Trinajstić information content (AvgIpc) is 3.01. The third-order valence-electron chi connectivity index (χ3n) is 3.75. The van der Waals surface area contributed by atoms with Crippen LogP contribution < -0.4 is 0 Å². The van der Waals surface area contributed by atoms with Crippen LogP contribution in [0.25, 0.3) is 5.69 Å². The first-order chi connectivity index (χ1) is 9.74. The Morgan fingerprint density at radius 1 is 1.30 bits per heavy atom. The number of piperidine rings is 1. The van der Waals surface area contributed by atoms with Gasteiger partial charge in [-0.15, -0.1) is 10.2 Å². The van der Waals surface area contributed by atoms with Gasteiger partial charge in [-0.2, -0.15) is 0 Å². The molecule has 1 fully saturated rings. The number of nitrogens with zero attached hydrogens (tertiary/aromatic N) is 4. The fourth-order valence-electron chi connectivity index (χ4n) is 2.69. The lowest BCUT2D eigenvalue weighted by molar-refractivity contribution is 0.0683. The van der Waals surface area contributed by atoms with E-state index in [-0.39, 0.29) is 5.91 Å². The van der Waals surface area contributed by atoms with Crippen LogP contribution in [0.15, 0.2) is 36.9 Å². The van der Waals surface area contributed by atoms with Gasteiger partial charge in [0.2, 0.25) is 0 Å². The molecule has 1 aliphatic heterocycles. The van der Waals surface area contributed by atoms with Crippen LogP contribution in [-0.4, -0.2) is 38.7 Å². The summed E-state index contributed by atoms with van der Waals surface area (Å²) in [5.74, 6) is 0.709. The molecule has 0 spiro atoms. The van der Waals surface area contributed by atoms with Gasteiger partial charge in [-0.1, -0.05) is 13.0 Å². The molecule has 2 heterocycles. The highest BCUT2D eigenvalue weighted by atomic mass is 16.2. The van der Waals surface area contributed by atoms with E-state index in [9.17, 15) is 4.79 Å². The molecule has 3 rings (SSSR count). The van der Waals surface area contributed by atoms with Crippen molar-refractivity contribution in [3.05, 3.63) is 42.5 Å². The first-order valence-electron chi connectivity index (χ1n) is 6.98. The second kappa shape index (κ2) is 5.45. The number of likely N-dealkylation sites (tertiary alicyclic amines) is 1. The van der Waals surface area contributed by atoms with Crippen LogP contribution >= 0.6 is 0 Å². The summed E-state index contributed by atoms with van der Waals surface area (Å²) < 4.78 is 1.80. The molecular formula is C15H18N4O. The van der Waals surface area contributed by atoms with Gasteiger partial charge in [-0.05, 0) is 37.0 Å². The Morgan fingerprint density at radius 3 is 2.85 bits per heavy atom. The van der Waals surface area contributed by atoms with Gasteiger partial charge in [-0.25, -0.2) is 0 Å². The van der Waals surface area contributed by atoms with Crippen LogP contribution in [0.3, 0.4) is 0 Å². The highest BCUT2D eigenvalue weighted by molar-refractivity contribution is 5.94. The lowest BCUT2D eigenvalue weighted by atomic mass is 9.99. The van der Waals surface area contributed by atoms with Crippen LogP contribution in [0.2, 0.25) is 0 Å². The SMILES string of the molecule is C[C@H]1CCCN(C(=O)c2cccc(-n3cnnc3)c2)C1. The maximum absolute atomic E-state index is 12.6. The summed E-state index contributed by atoms with van der Waals surface area (Å²) in [5, 5.41) is 7.58. The lowest BCUT2D eigenvalue weighted by Crippen LogP contribution is -2.39. The van der Waals surface area contributed by atoms with Gasteiger partial charge in [0.25, 0.3) is 5.91 Å². The topological polar surface area (TPSA) is 51.0 Å². The number of carbonyl (C=O) groups is 1. The maximum Gasteiger partial charge on any atom is 0.253 e. The van der Waals surface area contributed by atoms with Gasteiger partial charge in [-0.3, -0.25) is 9.36 Å². The van der Waals surface area contributed by atoms with Gasteiger partial charge in [0.15, 0.2) is 0 Å². The Labute approximate surface area is 118 Å². The first-order valence-corrected chi connectivity index (χ1v) is 6.98. The zero-order valence-electron chi connectivity index (χ0n) is 11.6. The van der Waals surface area contributed by atoms with Gasteiger partial charge >= 0.3 is 0 Å². The number of hydrogen-bond donors (Lipinski definition) is 0. The fraction of sp³-hybridized carbons (Fsp3) is 0.400. The van der Waals surface area contributed by atoms with E-state index in [1.54, 1.807) is 17.2 Å². The standard InChI is InChI=1S/C15H18N4O/c1-12-4-3-7-18(9-12)15(20)13-5-2-6-14(8-13)19-10-16-17-11-19/h2,5-6,8,10-12H,3-4,7,9H2,1H3/t12-/m0/s1. The Bertz CT molecular complexity index is 594. The van der Waals surface area contributed by atoms with Crippen molar-refractivity contribution in [2.45, 2.75) is 19.8 Å². The maximum atomic E-state index is 12.6. The summed E-state index contributed by atoms with van der Waals surface area (Å²) in [6.07, 6.45) is 5.57. The molecule has 1 aliphatic rings. The molecule has 0 N–H and O–H groups in total. The monoisotopic (exact) mass is 270 g/mol. The summed E-state index contributed by atoms with van der Waals surface area (Å²) in [5.41, 5.74) is 1.64. The van der Waals surface area contributed by atoms with Gasteiger partial charge in [0.05, 0.1) is 0 Å². The zero-order valence-corrected chi connectivity index (χ0v) is 11.6. The normalized spacial score (nSPS) is 19.1. The zero-order chi connectivity index (χ0) is 13.9.